The molecule has 0 saturated carbocycles. The van der Waals surface area contributed by atoms with Crippen molar-refractivity contribution >= 4 is 39.2 Å². The number of carbonyl (C=O) groups excluding carboxylic acids is 1. The van der Waals surface area contributed by atoms with Gasteiger partial charge in [0.15, 0.2) is 4.80 Å². The molecule has 3 aromatic rings. The van der Waals surface area contributed by atoms with Crippen molar-refractivity contribution in [2.75, 3.05) is 12.9 Å². The van der Waals surface area contributed by atoms with E-state index in [0.717, 1.165) is 38.6 Å². The highest BCUT2D eigenvalue weighted by atomic mass is 32.2. The van der Waals surface area contributed by atoms with Gasteiger partial charge in [-0.3, -0.25) is 4.79 Å². The standard InChI is InChI=1S/C20H22N2O2S2/c1-4-12-22-18-16(24-3)11-10-14(2)19(18)26-20(22)21-17(23)13-25-15-8-6-5-7-9-15/h5-11H,4,12-13H2,1-3H3. The van der Waals surface area contributed by atoms with Crippen LogP contribution in [-0.2, 0) is 11.3 Å². The molecule has 1 heterocycles. The molecule has 136 valence electrons. The molecule has 26 heavy (non-hydrogen) atoms. The zero-order valence-corrected chi connectivity index (χ0v) is 16.8. The monoisotopic (exact) mass is 386 g/mol. The van der Waals surface area contributed by atoms with E-state index in [1.165, 1.54) is 17.3 Å². The number of aromatic nitrogens is 1. The summed E-state index contributed by atoms with van der Waals surface area (Å²) in [5, 5.41) is 0. The van der Waals surface area contributed by atoms with Crippen LogP contribution in [0, 0.1) is 6.92 Å². The van der Waals surface area contributed by atoms with Gasteiger partial charge >= 0.3 is 0 Å². The zero-order chi connectivity index (χ0) is 18.5. The Morgan fingerprint density at radius 2 is 2.00 bits per heavy atom. The number of fused-ring (bicyclic) bond motifs is 1. The summed E-state index contributed by atoms with van der Waals surface area (Å²) in [7, 11) is 1.68. The number of aryl methyl sites for hydroxylation is 2. The number of hydrogen-bond acceptors (Lipinski definition) is 4. The molecule has 0 N–H and O–H groups in total. The Morgan fingerprint density at radius 1 is 1.23 bits per heavy atom. The third kappa shape index (κ3) is 4.02. The van der Waals surface area contributed by atoms with E-state index in [9.17, 15) is 4.79 Å². The van der Waals surface area contributed by atoms with Gasteiger partial charge in [-0.15, -0.1) is 11.8 Å². The molecule has 3 rings (SSSR count). The molecule has 0 fully saturated rings. The number of hydrogen-bond donors (Lipinski definition) is 0. The zero-order valence-electron chi connectivity index (χ0n) is 15.2. The van der Waals surface area contributed by atoms with E-state index in [1.54, 1.807) is 18.4 Å². The van der Waals surface area contributed by atoms with Crippen LogP contribution in [0.2, 0.25) is 0 Å². The van der Waals surface area contributed by atoms with Crippen LogP contribution >= 0.6 is 23.1 Å². The minimum absolute atomic E-state index is 0.119. The fourth-order valence-corrected chi connectivity index (χ4v) is 4.62. The Balaban J connectivity index is 1.97. The molecule has 0 spiro atoms. The average molecular weight is 387 g/mol. The van der Waals surface area contributed by atoms with Crippen molar-refractivity contribution in [3.05, 3.63) is 52.8 Å². The Bertz CT molecular complexity index is 975. The number of thiazole rings is 1. The highest BCUT2D eigenvalue weighted by Gasteiger charge is 2.14. The van der Waals surface area contributed by atoms with Gasteiger partial charge in [-0.1, -0.05) is 42.5 Å². The number of benzene rings is 2. The van der Waals surface area contributed by atoms with Crippen LogP contribution in [0.15, 0.2) is 52.4 Å². The number of thioether (sulfide) groups is 1. The summed E-state index contributed by atoms with van der Waals surface area (Å²) in [5.41, 5.74) is 2.20. The third-order valence-electron chi connectivity index (χ3n) is 3.98. The molecule has 0 radical (unpaired) electrons. The number of ether oxygens (including phenoxy) is 1. The van der Waals surface area contributed by atoms with Crippen LogP contribution in [0.3, 0.4) is 0 Å². The van der Waals surface area contributed by atoms with Crippen LogP contribution in [0.1, 0.15) is 18.9 Å². The highest BCUT2D eigenvalue weighted by molar-refractivity contribution is 8.00. The number of rotatable bonds is 6. The molecule has 0 bridgehead atoms. The molecule has 4 nitrogen and oxygen atoms in total. The minimum Gasteiger partial charge on any atom is -0.495 e. The summed E-state index contributed by atoms with van der Waals surface area (Å²) in [4.78, 5) is 18.7. The number of nitrogens with zero attached hydrogens (tertiary/aromatic N) is 2. The topological polar surface area (TPSA) is 43.6 Å². The highest BCUT2D eigenvalue weighted by Crippen LogP contribution is 2.30. The molecule has 0 aliphatic rings. The summed E-state index contributed by atoms with van der Waals surface area (Å²) in [6.07, 6.45) is 0.961. The normalized spacial score (nSPS) is 11.9. The Kier molecular flexibility index (Phi) is 6.16. The lowest BCUT2D eigenvalue weighted by molar-refractivity contribution is -0.115. The van der Waals surface area contributed by atoms with Crippen molar-refractivity contribution in [1.29, 1.82) is 0 Å². The molecule has 0 aliphatic heterocycles. The van der Waals surface area contributed by atoms with Crippen molar-refractivity contribution < 1.29 is 9.53 Å². The van der Waals surface area contributed by atoms with Gasteiger partial charge in [-0.05, 0) is 37.1 Å². The smallest absolute Gasteiger partial charge is 0.258 e. The molecule has 6 heteroatoms. The average Bonchev–Trinajstić information content (AvgIpc) is 3.01. The predicted molar refractivity (Wildman–Crippen MR) is 109 cm³/mol. The molecular weight excluding hydrogens is 364 g/mol. The second-order valence-corrected chi connectivity index (χ2v) is 7.93. The minimum atomic E-state index is -0.119. The predicted octanol–water partition coefficient (Wildman–Crippen LogP) is 4.65. The van der Waals surface area contributed by atoms with E-state index < -0.39 is 0 Å². The maximum atomic E-state index is 12.4. The fourth-order valence-electron chi connectivity index (χ4n) is 2.76. The van der Waals surface area contributed by atoms with Crippen LogP contribution in [0.5, 0.6) is 5.75 Å². The van der Waals surface area contributed by atoms with Crippen molar-refractivity contribution in [1.82, 2.24) is 4.57 Å². The van der Waals surface area contributed by atoms with Crippen molar-refractivity contribution in [2.45, 2.75) is 31.7 Å². The van der Waals surface area contributed by atoms with Gasteiger partial charge in [0.2, 0.25) is 0 Å². The van der Waals surface area contributed by atoms with Gasteiger partial charge in [0.25, 0.3) is 5.91 Å². The lowest BCUT2D eigenvalue weighted by atomic mass is 10.2. The van der Waals surface area contributed by atoms with Crippen LogP contribution < -0.4 is 9.54 Å². The van der Waals surface area contributed by atoms with Crippen molar-refractivity contribution in [3.8, 4) is 5.75 Å². The van der Waals surface area contributed by atoms with E-state index >= 15 is 0 Å². The summed E-state index contributed by atoms with van der Waals surface area (Å²) in [6.45, 7) is 5.00. The molecule has 0 unspecified atom stereocenters. The second-order valence-electron chi connectivity index (χ2n) is 5.91. The summed E-state index contributed by atoms with van der Waals surface area (Å²) >= 11 is 3.07. The number of amides is 1. The van der Waals surface area contributed by atoms with Crippen molar-refractivity contribution in [2.24, 2.45) is 4.99 Å². The maximum Gasteiger partial charge on any atom is 0.258 e. The van der Waals surface area contributed by atoms with E-state index in [-0.39, 0.29) is 5.91 Å². The molecular formula is C20H22N2O2S2. The maximum absolute atomic E-state index is 12.4. The largest absolute Gasteiger partial charge is 0.495 e. The van der Waals surface area contributed by atoms with Crippen LogP contribution in [0.25, 0.3) is 10.2 Å². The second kappa shape index (κ2) is 8.56. The molecule has 0 aliphatic carbocycles. The van der Waals surface area contributed by atoms with Gasteiger partial charge in [0, 0.05) is 11.4 Å². The first-order valence-electron chi connectivity index (χ1n) is 8.56. The van der Waals surface area contributed by atoms with Gasteiger partial charge in [-0.2, -0.15) is 4.99 Å². The SMILES string of the molecule is CCCn1c(=NC(=O)CSc2ccccc2)sc2c(C)ccc(OC)c21. The summed E-state index contributed by atoms with van der Waals surface area (Å²) in [6, 6.07) is 13.9. The lowest BCUT2D eigenvalue weighted by Gasteiger charge is -2.08. The molecule has 0 atom stereocenters. The van der Waals surface area contributed by atoms with Gasteiger partial charge in [0.1, 0.15) is 11.3 Å². The first kappa shape index (κ1) is 18.7. The molecule has 1 amide bonds. The lowest BCUT2D eigenvalue weighted by Crippen LogP contribution is -2.17. The molecule has 2 aromatic carbocycles. The van der Waals surface area contributed by atoms with Gasteiger partial charge in [0.05, 0.1) is 17.6 Å². The van der Waals surface area contributed by atoms with Gasteiger partial charge in [-0.25, -0.2) is 0 Å². The van der Waals surface area contributed by atoms with E-state index in [1.807, 2.05) is 42.5 Å². The van der Waals surface area contributed by atoms with Crippen LogP contribution in [0.4, 0.5) is 0 Å². The number of carbonyl (C=O) groups is 1. The Morgan fingerprint density at radius 3 is 2.69 bits per heavy atom. The summed E-state index contributed by atoms with van der Waals surface area (Å²) < 4.78 is 8.78. The quantitative estimate of drug-likeness (QED) is 0.579. The van der Waals surface area contributed by atoms with Crippen molar-refractivity contribution in [3.63, 3.8) is 0 Å². The van der Waals surface area contributed by atoms with E-state index in [2.05, 4.69) is 23.4 Å². The number of methoxy groups -OCH3 is 1. The Labute approximate surface area is 161 Å². The van der Waals surface area contributed by atoms with Gasteiger partial charge < -0.3 is 9.30 Å². The Hall–Kier alpha value is -2.05. The molecule has 0 saturated heterocycles. The van der Waals surface area contributed by atoms with E-state index in [4.69, 9.17) is 4.74 Å². The third-order valence-corrected chi connectivity index (χ3v) is 6.19. The van der Waals surface area contributed by atoms with Crippen LogP contribution in [-0.4, -0.2) is 23.3 Å². The fraction of sp³-hybridized carbons (Fsp3) is 0.300. The first-order valence-corrected chi connectivity index (χ1v) is 10.4. The summed E-state index contributed by atoms with van der Waals surface area (Å²) in [5.74, 6) is 1.04. The first-order chi connectivity index (χ1) is 12.6. The van der Waals surface area contributed by atoms with E-state index in [0.29, 0.717) is 5.75 Å². The molecule has 1 aromatic heterocycles.